The van der Waals surface area contributed by atoms with Crippen molar-refractivity contribution in [3.05, 3.63) is 76.6 Å². The fourth-order valence-electron chi connectivity index (χ4n) is 3.89. The molecule has 0 radical (unpaired) electrons. The molecule has 0 fully saturated rings. The molecule has 0 aromatic heterocycles. The van der Waals surface area contributed by atoms with E-state index >= 15 is 0 Å². The standard InChI is InChI=1S/C25H30N4O4S/c1-6-33-24(30)22-21(17-9-11-18(12-10-17)25(3,4)5)20(15-26)23(27)29(22)28-34(31,32)19-13-7-16(2)8-14-19/h7-14,21-22,28H,6,27H2,1-5H3. The van der Waals surface area contributed by atoms with E-state index in [0.29, 0.717) is 5.56 Å². The number of nitrogens with zero attached hydrogens (tertiary/aromatic N) is 2. The fourth-order valence-corrected chi connectivity index (χ4v) is 4.96. The first-order valence-corrected chi connectivity index (χ1v) is 12.4. The summed E-state index contributed by atoms with van der Waals surface area (Å²) < 4.78 is 31.5. The molecule has 1 aliphatic heterocycles. The van der Waals surface area contributed by atoms with Gasteiger partial charge in [-0.15, -0.1) is 4.83 Å². The molecular weight excluding hydrogens is 452 g/mol. The van der Waals surface area contributed by atoms with Crippen LogP contribution in [0, 0.1) is 18.3 Å². The van der Waals surface area contributed by atoms with Crippen molar-refractivity contribution in [3.63, 3.8) is 0 Å². The third-order valence-electron chi connectivity index (χ3n) is 5.77. The summed E-state index contributed by atoms with van der Waals surface area (Å²) in [6.07, 6.45) is 0. The van der Waals surface area contributed by atoms with E-state index in [-0.39, 0.29) is 28.3 Å². The van der Waals surface area contributed by atoms with Gasteiger partial charge >= 0.3 is 5.97 Å². The van der Waals surface area contributed by atoms with E-state index in [4.69, 9.17) is 10.5 Å². The maximum Gasteiger partial charge on any atom is 0.331 e. The predicted octanol–water partition coefficient (Wildman–Crippen LogP) is 3.21. The van der Waals surface area contributed by atoms with Gasteiger partial charge < -0.3 is 10.5 Å². The molecule has 2 aromatic carbocycles. The summed E-state index contributed by atoms with van der Waals surface area (Å²) in [5.41, 5.74) is 8.88. The molecule has 180 valence electrons. The highest BCUT2D eigenvalue weighted by Gasteiger charge is 2.48. The molecule has 0 saturated heterocycles. The Kier molecular flexibility index (Phi) is 7.05. The number of esters is 1. The zero-order chi connectivity index (χ0) is 25.3. The molecule has 34 heavy (non-hydrogen) atoms. The van der Waals surface area contributed by atoms with Crippen LogP contribution in [0.25, 0.3) is 0 Å². The van der Waals surface area contributed by atoms with Crippen molar-refractivity contribution in [2.45, 2.75) is 56.9 Å². The highest BCUT2D eigenvalue weighted by atomic mass is 32.2. The minimum Gasteiger partial charge on any atom is -0.464 e. The Morgan fingerprint density at radius 3 is 2.24 bits per heavy atom. The Morgan fingerprint density at radius 1 is 1.15 bits per heavy atom. The number of aryl methyl sites for hydroxylation is 1. The number of carbonyl (C=O) groups is 1. The third-order valence-corrected chi connectivity index (χ3v) is 7.10. The topological polar surface area (TPSA) is 126 Å². The van der Waals surface area contributed by atoms with Crippen molar-refractivity contribution in [2.24, 2.45) is 5.73 Å². The summed E-state index contributed by atoms with van der Waals surface area (Å²) in [5, 5.41) is 10.9. The van der Waals surface area contributed by atoms with E-state index in [1.54, 1.807) is 19.1 Å². The van der Waals surface area contributed by atoms with Crippen LogP contribution in [-0.4, -0.2) is 32.0 Å². The Morgan fingerprint density at radius 2 is 1.74 bits per heavy atom. The SMILES string of the molecule is CCOC(=O)C1C(c2ccc(C(C)(C)C)cc2)C(C#N)=C(N)N1NS(=O)(=O)c1ccc(C)cc1. The van der Waals surface area contributed by atoms with Crippen LogP contribution in [0.3, 0.4) is 0 Å². The van der Waals surface area contributed by atoms with Gasteiger partial charge in [0.2, 0.25) is 0 Å². The number of nitrogens with two attached hydrogens (primary N) is 1. The normalized spacial score (nSPS) is 18.6. The number of rotatable bonds is 6. The molecule has 3 rings (SSSR count). The van der Waals surface area contributed by atoms with Crippen molar-refractivity contribution in [2.75, 3.05) is 6.61 Å². The molecule has 0 saturated carbocycles. The second kappa shape index (κ2) is 9.49. The molecular formula is C25H30N4O4S. The van der Waals surface area contributed by atoms with Gasteiger partial charge in [-0.2, -0.15) is 5.26 Å². The summed E-state index contributed by atoms with van der Waals surface area (Å²) >= 11 is 0. The van der Waals surface area contributed by atoms with E-state index in [0.717, 1.165) is 16.1 Å². The van der Waals surface area contributed by atoms with Gasteiger partial charge in [0, 0.05) is 0 Å². The van der Waals surface area contributed by atoms with Crippen LogP contribution < -0.4 is 10.6 Å². The van der Waals surface area contributed by atoms with Crippen LogP contribution in [0.1, 0.15) is 50.3 Å². The lowest BCUT2D eigenvalue weighted by molar-refractivity contribution is -0.149. The maximum absolute atomic E-state index is 13.1. The van der Waals surface area contributed by atoms with E-state index in [1.807, 2.05) is 31.2 Å². The number of nitriles is 1. The van der Waals surface area contributed by atoms with Gasteiger partial charge in [0.25, 0.3) is 10.0 Å². The van der Waals surface area contributed by atoms with Crippen LogP contribution in [0.2, 0.25) is 0 Å². The zero-order valence-electron chi connectivity index (χ0n) is 20.0. The van der Waals surface area contributed by atoms with Crippen molar-refractivity contribution in [1.29, 1.82) is 5.26 Å². The van der Waals surface area contributed by atoms with Crippen molar-refractivity contribution >= 4 is 16.0 Å². The van der Waals surface area contributed by atoms with Gasteiger partial charge in [0.05, 0.1) is 29.1 Å². The molecule has 8 nitrogen and oxygen atoms in total. The molecule has 3 N–H and O–H groups in total. The molecule has 2 aromatic rings. The molecule has 0 spiro atoms. The largest absolute Gasteiger partial charge is 0.464 e. The Balaban J connectivity index is 2.07. The lowest BCUT2D eigenvalue weighted by atomic mass is 9.83. The van der Waals surface area contributed by atoms with Gasteiger partial charge in [-0.25, -0.2) is 13.2 Å². The number of benzene rings is 2. The summed E-state index contributed by atoms with van der Waals surface area (Å²) in [7, 11) is -4.09. The van der Waals surface area contributed by atoms with Gasteiger partial charge in [0.1, 0.15) is 5.82 Å². The fraction of sp³-hybridized carbons (Fsp3) is 0.360. The number of carbonyl (C=O) groups excluding carboxylic acids is 1. The van der Waals surface area contributed by atoms with Crippen LogP contribution in [0.4, 0.5) is 0 Å². The zero-order valence-corrected chi connectivity index (χ0v) is 20.8. The lowest BCUT2D eigenvalue weighted by Gasteiger charge is -2.29. The Bertz CT molecular complexity index is 1240. The minimum absolute atomic E-state index is 0.00463. The molecule has 2 unspecified atom stereocenters. The average Bonchev–Trinajstić information content (AvgIpc) is 3.04. The highest BCUT2D eigenvalue weighted by Crippen LogP contribution is 2.40. The van der Waals surface area contributed by atoms with Crippen LogP contribution >= 0.6 is 0 Å². The van der Waals surface area contributed by atoms with E-state index < -0.39 is 28.0 Å². The molecule has 9 heteroatoms. The lowest BCUT2D eigenvalue weighted by Crippen LogP contribution is -2.51. The monoisotopic (exact) mass is 482 g/mol. The molecule has 2 atom stereocenters. The molecule has 1 heterocycles. The van der Waals surface area contributed by atoms with Gasteiger partial charge in [-0.3, -0.25) is 5.01 Å². The van der Waals surface area contributed by atoms with Gasteiger partial charge in [-0.05, 0) is 42.5 Å². The first-order chi connectivity index (χ1) is 15.9. The highest BCUT2D eigenvalue weighted by molar-refractivity contribution is 7.89. The second-order valence-corrected chi connectivity index (χ2v) is 10.9. The first-order valence-electron chi connectivity index (χ1n) is 11.0. The van der Waals surface area contributed by atoms with Crippen molar-refractivity contribution in [1.82, 2.24) is 9.84 Å². The number of ether oxygens (including phenoxy) is 1. The quantitative estimate of drug-likeness (QED) is 0.606. The summed E-state index contributed by atoms with van der Waals surface area (Å²) in [6, 6.07) is 14.7. The molecule has 1 aliphatic rings. The number of hydrogen-bond acceptors (Lipinski definition) is 7. The summed E-state index contributed by atoms with van der Waals surface area (Å²) in [4.78, 5) is 15.5. The second-order valence-electron chi connectivity index (χ2n) is 9.24. The maximum atomic E-state index is 13.1. The van der Waals surface area contributed by atoms with E-state index in [9.17, 15) is 18.5 Å². The molecule has 0 amide bonds. The van der Waals surface area contributed by atoms with Gasteiger partial charge in [-0.1, -0.05) is 62.7 Å². The van der Waals surface area contributed by atoms with Crippen LogP contribution in [0.15, 0.2) is 64.8 Å². The van der Waals surface area contributed by atoms with Gasteiger partial charge in [0.15, 0.2) is 6.04 Å². The first kappa shape index (κ1) is 25.3. The third kappa shape index (κ3) is 4.93. The Hall–Kier alpha value is -3.35. The molecule has 0 aliphatic carbocycles. The summed E-state index contributed by atoms with van der Waals surface area (Å²) in [5.74, 6) is -1.63. The number of hydrazine groups is 1. The van der Waals surface area contributed by atoms with E-state index in [1.165, 1.54) is 12.1 Å². The number of nitrogens with one attached hydrogen (secondary N) is 1. The molecule has 0 bridgehead atoms. The smallest absolute Gasteiger partial charge is 0.331 e. The minimum atomic E-state index is -4.09. The Labute approximate surface area is 201 Å². The van der Waals surface area contributed by atoms with E-state index in [2.05, 4.69) is 31.7 Å². The van der Waals surface area contributed by atoms with Crippen LogP contribution in [-0.2, 0) is 25.0 Å². The number of sulfonamides is 1. The van der Waals surface area contributed by atoms with Crippen molar-refractivity contribution in [3.8, 4) is 6.07 Å². The van der Waals surface area contributed by atoms with Crippen LogP contribution in [0.5, 0.6) is 0 Å². The predicted molar refractivity (Wildman–Crippen MR) is 128 cm³/mol. The number of hydrogen-bond donors (Lipinski definition) is 2. The van der Waals surface area contributed by atoms with Crippen molar-refractivity contribution < 1.29 is 17.9 Å². The summed E-state index contributed by atoms with van der Waals surface area (Å²) in [6.45, 7) is 9.84. The average molecular weight is 483 g/mol.